The Morgan fingerprint density at radius 2 is 1.65 bits per heavy atom. The van der Waals surface area contributed by atoms with Gasteiger partial charge < -0.3 is 10.6 Å². The molecule has 0 saturated heterocycles. The first-order valence-electron chi connectivity index (χ1n) is 8.25. The summed E-state index contributed by atoms with van der Waals surface area (Å²) < 4.78 is 0. The maximum absolute atomic E-state index is 12.2. The van der Waals surface area contributed by atoms with Gasteiger partial charge in [0.1, 0.15) is 0 Å². The molecule has 128 valence electrons. The van der Waals surface area contributed by atoms with Gasteiger partial charge in [0.05, 0.1) is 11.6 Å². The lowest BCUT2D eigenvalue weighted by molar-refractivity contribution is 0.102. The molecule has 0 spiro atoms. The first kappa shape index (κ1) is 17.3. The minimum absolute atomic E-state index is 0.161. The number of nitrogens with one attached hydrogen (secondary N) is 2. The Balaban J connectivity index is 1.57. The second kappa shape index (κ2) is 8.56. The van der Waals surface area contributed by atoms with Crippen molar-refractivity contribution >= 4 is 11.6 Å². The van der Waals surface area contributed by atoms with Crippen LogP contribution < -0.4 is 10.6 Å². The zero-order valence-corrected chi connectivity index (χ0v) is 14.1. The minimum atomic E-state index is -0.161. The molecule has 1 amide bonds. The highest BCUT2D eigenvalue weighted by atomic mass is 16.1. The fraction of sp³-hybridized carbons (Fsp3) is 0.0952. The Kier molecular flexibility index (Phi) is 5.71. The summed E-state index contributed by atoms with van der Waals surface area (Å²) in [5, 5.41) is 15.2. The molecule has 1 heterocycles. The molecule has 0 atom stereocenters. The zero-order valence-electron chi connectivity index (χ0n) is 14.1. The number of pyridine rings is 1. The van der Waals surface area contributed by atoms with Crippen molar-refractivity contribution in [1.29, 1.82) is 5.26 Å². The van der Waals surface area contributed by atoms with Gasteiger partial charge in [-0.15, -0.1) is 0 Å². The summed E-state index contributed by atoms with van der Waals surface area (Å²) >= 11 is 0. The molecule has 0 radical (unpaired) electrons. The Labute approximate surface area is 152 Å². The summed E-state index contributed by atoms with van der Waals surface area (Å²) in [5.41, 5.74) is 4.10. The minimum Gasteiger partial charge on any atom is -0.322 e. The van der Waals surface area contributed by atoms with Crippen LogP contribution in [-0.2, 0) is 13.1 Å². The van der Waals surface area contributed by atoms with Crippen molar-refractivity contribution in [2.75, 3.05) is 5.32 Å². The second-order valence-electron chi connectivity index (χ2n) is 5.81. The molecule has 0 fully saturated rings. The van der Waals surface area contributed by atoms with Crippen LogP contribution in [0.5, 0.6) is 0 Å². The average Bonchev–Trinajstić information content (AvgIpc) is 2.69. The maximum atomic E-state index is 12.2. The van der Waals surface area contributed by atoms with Crippen LogP contribution in [-0.4, -0.2) is 10.9 Å². The number of carbonyl (C=O) groups is 1. The summed E-state index contributed by atoms with van der Waals surface area (Å²) in [5.74, 6) is -0.161. The van der Waals surface area contributed by atoms with Crippen molar-refractivity contribution in [2.24, 2.45) is 0 Å². The van der Waals surface area contributed by atoms with E-state index in [1.54, 1.807) is 30.6 Å². The quantitative estimate of drug-likeness (QED) is 0.719. The zero-order chi connectivity index (χ0) is 18.2. The molecule has 0 unspecified atom stereocenters. The van der Waals surface area contributed by atoms with Crippen LogP contribution in [0, 0.1) is 11.3 Å². The molecular weight excluding hydrogens is 324 g/mol. The molecule has 3 aromatic rings. The SMILES string of the molecule is N#Cc1cccc(CNCc2cccc(NC(=O)c3ccncc3)c2)c1. The van der Waals surface area contributed by atoms with Crippen molar-refractivity contribution in [1.82, 2.24) is 10.3 Å². The average molecular weight is 342 g/mol. The standard InChI is InChI=1S/C21H18N4O/c22-13-16-3-1-4-17(11-16)14-24-15-18-5-2-6-20(12-18)25-21(26)19-7-9-23-10-8-19/h1-12,24H,14-15H2,(H,25,26). The molecule has 2 aromatic carbocycles. The lowest BCUT2D eigenvalue weighted by Gasteiger charge is -2.09. The van der Waals surface area contributed by atoms with E-state index in [0.717, 1.165) is 16.8 Å². The van der Waals surface area contributed by atoms with Crippen LogP contribution in [0.3, 0.4) is 0 Å². The Morgan fingerprint density at radius 1 is 0.962 bits per heavy atom. The van der Waals surface area contributed by atoms with E-state index in [4.69, 9.17) is 5.26 Å². The van der Waals surface area contributed by atoms with Gasteiger partial charge in [0, 0.05) is 36.7 Å². The maximum Gasteiger partial charge on any atom is 0.255 e. The second-order valence-corrected chi connectivity index (χ2v) is 5.81. The molecule has 0 bridgehead atoms. The number of anilines is 1. The molecule has 0 aliphatic rings. The van der Waals surface area contributed by atoms with E-state index in [9.17, 15) is 4.79 Å². The van der Waals surface area contributed by atoms with Gasteiger partial charge in [0.15, 0.2) is 0 Å². The lowest BCUT2D eigenvalue weighted by Crippen LogP contribution is -2.14. The molecule has 0 saturated carbocycles. The first-order valence-corrected chi connectivity index (χ1v) is 8.25. The van der Waals surface area contributed by atoms with Gasteiger partial charge in [0.25, 0.3) is 5.91 Å². The van der Waals surface area contributed by atoms with E-state index in [-0.39, 0.29) is 5.91 Å². The number of benzene rings is 2. The highest BCUT2D eigenvalue weighted by molar-refractivity contribution is 6.04. The molecule has 5 nitrogen and oxygen atoms in total. The molecule has 5 heteroatoms. The smallest absolute Gasteiger partial charge is 0.255 e. The third kappa shape index (κ3) is 4.76. The summed E-state index contributed by atoms with van der Waals surface area (Å²) in [6.07, 6.45) is 3.19. The highest BCUT2D eigenvalue weighted by Gasteiger charge is 2.05. The van der Waals surface area contributed by atoms with Crippen LogP contribution in [0.15, 0.2) is 73.1 Å². The van der Waals surface area contributed by atoms with Crippen LogP contribution in [0.25, 0.3) is 0 Å². The summed E-state index contributed by atoms with van der Waals surface area (Å²) in [6.45, 7) is 1.33. The van der Waals surface area contributed by atoms with E-state index < -0.39 is 0 Å². The van der Waals surface area contributed by atoms with Gasteiger partial charge in [0.2, 0.25) is 0 Å². The van der Waals surface area contributed by atoms with Gasteiger partial charge in [-0.05, 0) is 47.5 Å². The van der Waals surface area contributed by atoms with Crippen molar-refractivity contribution in [3.63, 3.8) is 0 Å². The van der Waals surface area contributed by atoms with Crippen molar-refractivity contribution in [2.45, 2.75) is 13.1 Å². The van der Waals surface area contributed by atoms with Gasteiger partial charge in [-0.3, -0.25) is 9.78 Å². The topological polar surface area (TPSA) is 77.8 Å². The molecule has 0 aliphatic heterocycles. The van der Waals surface area contributed by atoms with Crippen LogP contribution in [0.4, 0.5) is 5.69 Å². The van der Waals surface area contributed by atoms with Gasteiger partial charge in [-0.2, -0.15) is 5.26 Å². The van der Waals surface area contributed by atoms with Gasteiger partial charge in [-0.1, -0.05) is 24.3 Å². The molecule has 26 heavy (non-hydrogen) atoms. The van der Waals surface area contributed by atoms with E-state index in [2.05, 4.69) is 21.7 Å². The third-order valence-electron chi connectivity index (χ3n) is 3.84. The number of rotatable bonds is 6. The van der Waals surface area contributed by atoms with Crippen molar-refractivity contribution in [3.05, 3.63) is 95.3 Å². The van der Waals surface area contributed by atoms with E-state index in [0.29, 0.717) is 24.2 Å². The molecule has 0 aliphatic carbocycles. The molecule has 1 aromatic heterocycles. The summed E-state index contributed by atoms with van der Waals surface area (Å²) in [4.78, 5) is 16.1. The predicted molar refractivity (Wildman–Crippen MR) is 100 cm³/mol. The normalized spacial score (nSPS) is 10.1. The van der Waals surface area contributed by atoms with Gasteiger partial charge >= 0.3 is 0 Å². The fourth-order valence-corrected chi connectivity index (χ4v) is 2.57. The molecule has 2 N–H and O–H groups in total. The van der Waals surface area contributed by atoms with Crippen LogP contribution >= 0.6 is 0 Å². The number of carbonyl (C=O) groups excluding carboxylic acids is 1. The Hall–Kier alpha value is -3.49. The number of nitrogens with zero attached hydrogens (tertiary/aromatic N) is 2. The van der Waals surface area contributed by atoms with E-state index >= 15 is 0 Å². The Morgan fingerprint density at radius 3 is 2.38 bits per heavy atom. The van der Waals surface area contributed by atoms with Crippen molar-refractivity contribution < 1.29 is 4.79 Å². The monoisotopic (exact) mass is 342 g/mol. The fourth-order valence-electron chi connectivity index (χ4n) is 2.57. The molecular formula is C21H18N4O. The highest BCUT2D eigenvalue weighted by Crippen LogP contribution is 2.12. The van der Waals surface area contributed by atoms with Crippen molar-refractivity contribution in [3.8, 4) is 6.07 Å². The number of amides is 1. The first-order chi connectivity index (χ1) is 12.7. The number of hydrogen-bond acceptors (Lipinski definition) is 4. The largest absolute Gasteiger partial charge is 0.322 e. The lowest BCUT2D eigenvalue weighted by atomic mass is 10.1. The number of aromatic nitrogens is 1. The van der Waals surface area contributed by atoms with E-state index in [1.165, 1.54) is 0 Å². The Bertz CT molecular complexity index is 932. The van der Waals surface area contributed by atoms with Gasteiger partial charge in [-0.25, -0.2) is 0 Å². The van der Waals surface area contributed by atoms with E-state index in [1.807, 2.05) is 42.5 Å². The molecule has 3 rings (SSSR count). The number of hydrogen-bond donors (Lipinski definition) is 2. The predicted octanol–water partition coefficient (Wildman–Crippen LogP) is 3.50. The third-order valence-corrected chi connectivity index (χ3v) is 3.84. The number of nitriles is 1. The summed E-state index contributed by atoms with van der Waals surface area (Å²) in [7, 11) is 0. The van der Waals surface area contributed by atoms with Crippen LogP contribution in [0.2, 0.25) is 0 Å². The van der Waals surface area contributed by atoms with Crippen LogP contribution in [0.1, 0.15) is 27.0 Å². The summed E-state index contributed by atoms with van der Waals surface area (Å²) in [6, 6.07) is 20.7.